The van der Waals surface area contributed by atoms with Crippen LogP contribution in [0.1, 0.15) is 20.8 Å². The number of amides is 1. The third-order valence-corrected chi connectivity index (χ3v) is 1.71. The predicted molar refractivity (Wildman–Crippen MR) is 62.0 cm³/mol. The number of alkyl carbamates (subject to hydrolysis) is 1. The highest BCUT2D eigenvalue weighted by Crippen LogP contribution is 2.07. The van der Waals surface area contributed by atoms with E-state index in [9.17, 15) is 18.4 Å². The van der Waals surface area contributed by atoms with E-state index in [1.807, 2.05) is 0 Å². The van der Waals surface area contributed by atoms with Crippen molar-refractivity contribution in [2.45, 2.75) is 38.8 Å². The van der Waals surface area contributed by atoms with Gasteiger partial charge in [-0.15, -0.1) is 0 Å². The molecule has 0 fully saturated rings. The second-order valence-corrected chi connectivity index (χ2v) is 4.65. The number of rotatable bonds is 6. The molecule has 0 unspecified atom stereocenters. The van der Waals surface area contributed by atoms with Crippen molar-refractivity contribution in [1.82, 2.24) is 5.32 Å². The molecule has 19 heavy (non-hydrogen) atoms. The Hall–Kier alpha value is -1.44. The average molecular weight is 283 g/mol. The summed E-state index contributed by atoms with van der Waals surface area (Å²) < 4.78 is 37.7. The van der Waals surface area contributed by atoms with Crippen LogP contribution in [0, 0.1) is 0 Å². The summed E-state index contributed by atoms with van der Waals surface area (Å²) in [5.74, 6) is -0.805. The zero-order valence-corrected chi connectivity index (χ0v) is 11.4. The zero-order chi connectivity index (χ0) is 15.1. The zero-order valence-electron chi connectivity index (χ0n) is 11.4. The third-order valence-electron chi connectivity index (χ3n) is 1.71. The van der Waals surface area contributed by atoms with Gasteiger partial charge in [-0.1, -0.05) is 0 Å². The molecule has 1 N–H and O–H groups in total. The summed E-state index contributed by atoms with van der Waals surface area (Å²) in [5.41, 5.74) is -0.741. The van der Waals surface area contributed by atoms with E-state index < -0.39 is 43.3 Å². The number of hydrogen-bond donors (Lipinski definition) is 1. The molecule has 0 aliphatic heterocycles. The van der Waals surface area contributed by atoms with E-state index in [2.05, 4.69) is 14.8 Å². The molecule has 112 valence electrons. The quantitative estimate of drug-likeness (QED) is 0.744. The Labute approximate surface area is 110 Å². The van der Waals surface area contributed by atoms with Crippen molar-refractivity contribution in [1.29, 1.82) is 0 Å². The lowest BCUT2D eigenvalue weighted by molar-refractivity contribution is -0.145. The Morgan fingerprint density at radius 1 is 1.21 bits per heavy atom. The molecule has 0 bridgehead atoms. The molecule has 0 heterocycles. The maximum Gasteiger partial charge on any atom is 0.408 e. The highest BCUT2D eigenvalue weighted by Gasteiger charge is 2.25. The van der Waals surface area contributed by atoms with Crippen LogP contribution in [0.25, 0.3) is 0 Å². The van der Waals surface area contributed by atoms with Gasteiger partial charge in [0.25, 0.3) is 6.43 Å². The lowest BCUT2D eigenvalue weighted by Gasteiger charge is -2.22. The van der Waals surface area contributed by atoms with Gasteiger partial charge >= 0.3 is 12.1 Å². The van der Waals surface area contributed by atoms with Crippen molar-refractivity contribution in [3.05, 3.63) is 0 Å². The Bertz CT molecular complexity index is 304. The molecule has 6 nitrogen and oxygen atoms in total. The molecule has 0 aromatic rings. The van der Waals surface area contributed by atoms with Gasteiger partial charge in [-0.05, 0) is 20.8 Å². The van der Waals surface area contributed by atoms with Gasteiger partial charge < -0.3 is 19.5 Å². The first-order valence-electron chi connectivity index (χ1n) is 5.59. The van der Waals surface area contributed by atoms with Crippen LogP contribution in [0.5, 0.6) is 0 Å². The van der Waals surface area contributed by atoms with E-state index in [0.29, 0.717) is 0 Å². The van der Waals surface area contributed by atoms with Crippen LogP contribution < -0.4 is 5.32 Å². The van der Waals surface area contributed by atoms with E-state index in [1.165, 1.54) is 0 Å². The van der Waals surface area contributed by atoms with Gasteiger partial charge in [0.1, 0.15) is 12.2 Å². The fourth-order valence-corrected chi connectivity index (χ4v) is 1.04. The van der Waals surface area contributed by atoms with Crippen molar-refractivity contribution in [2.24, 2.45) is 0 Å². The van der Waals surface area contributed by atoms with Crippen LogP contribution in [-0.4, -0.2) is 50.5 Å². The molecule has 8 heteroatoms. The van der Waals surface area contributed by atoms with Gasteiger partial charge in [0.05, 0.1) is 13.7 Å². The average Bonchev–Trinajstić information content (AvgIpc) is 2.23. The molecule has 0 radical (unpaired) electrons. The van der Waals surface area contributed by atoms with E-state index in [-0.39, 0.29) is 0 Å². The van der Waals surface area contributed by atoms with E-state index in [1.54, 1.807) is 20.8 Å². The fourth-order valence-electron chi connectivity index (χ4n) is 1.04. The number of esters is 1. The largest absolute Gasteiger partial charge is 0.467 e. The maximum absolute atomic E-state index is 11.9. The Kier molecular flexibility index (Phi) is 7.28. The monoisotopic (exact) mass is 283 g/mol. The summed E-state index contributed by atoms with van der Waals surface area (Å²) in [6.07, 6.45) is -3.51. The smallest absolute Gasteiger partial charge is 0.408 e. The van der Waals surface area contributed by atoms with Crippen molar-refractivity contribution < 1.29 is 32.6 Å². The summed E-state index contributed by atoms with van der Waals surface area (Å²) >= 11 is 0. The number of carbonyl (C=O) groups excluding carboxylic acids is 2. The van der Waals surface area contributed by atoms with Crippen molar-refractivity contribution in [3.8, 4) is 0 Å². The summed E-state index contributed by atoms with van der Waals surface area (Å²) in [6.45, 7) is 3.69. The first-order chi connectivity index (χ1) is 8.65. The molecule has 1 atom stereocenters. The molecule has 0 saturated heterocycles. The topological polar surface area (TPSA) is 73.9 Å². The number of alkyl halides is 2. The summed E-state index contributed by atoms with van der Waals surface area (Å²) in [6, 6.07) is -1.20. The number of carbonyl (C=O) groups is 2. The van der Waals surface area contributed by atoms with Crippen LogP contribution in [0.3, 0.4) is 0 Å². The molecule has 0 saturated carbocycles. The number of hydrogen-bond acceptors (Lipinski definition) is 5. The van der Waals surface area contributed by atoms with Crippen LogP contribution in [0.15, 0.2) is 0 Å². The molecule has 0 aromatic heterocycles. The Morgan fingerprint density at radius 3 is 2.21 bits per heavy atom. The lowest BCUT2D eigenvalue weighted by Crippen LogP contribution is -2.46. The normalized spacial score (nSPS) is 13.0. The maximum atomic E-state index is 11.9. The minimum Gasteiger partial charge on any atom is -0.467 e. The molecule has 0 spiro atoms. The number of methoxy groups -OCH3 is 1. The molecule has 1 amide bonds. The fraction of sp³-hybridized carbons (Fsp3) is 0.818. The SMILES string of the molecule is COC(=O)[C@H](COCC(F)F)NC(=O)OC(C)(C)C. The number of nitrogens with one attached hydrogen (secondary N) is 1. The van der Waals surface area contributed by atoms with E-state index in [4.69, 9.17) is 4.74 Å². The number of halogens is 2. The molecule has 0 aliphatic carbocycles. The standard InChI is InChI=1S/C11H19F2NO5/c1-11(2,3)19-10(16)14-7(9(15)17-4)5-18-6-8(12)13/h7-8H,5-6H2,1-4H3,(H,14,16)/t7-/m0/s1. The lowest BCUT2D eigenvalue weighted by atomic mass is 10.2. The second-order valence-electron chi connectivity index (χ2n) is 4.65. The van der Waals surface area contributed by atoms with Gasteiger partial charge in [-0.3, -0.25) is 0 Å². The van der Waals surface area contributed by atoms with Crippen LogP contribution >= 0.6 is 0 Å². The third kappa shape index (κ3) is 9.18. The van der Waals surface area contributed by atoms with Gasteiger partial charge in [-0.2, -0.15) is 0 Å². The highest BCUT2D eigenvalue weighted by molar-refractivity contribution is 5.81. The van der Waals surface area contributed by atoms with Crippen molar-refractivity contribution in [3.63, 3.8) is 0 Å². The van der Waals surface area contributed by atoms with Crippen LogP contribution in [-0.2, 0) is 19.0 Å². The summed E-state index contributed by atoms with van der Waals surface area (Å²) in [7, 11) is 1.11. The predicted octanol–water partition coefficient (Wildman–Crippen LogP) is 1.33. The van der Waals surface area contributed by atoms with Gasteiger partial charge in [-0.25, -0.2) is 18.4 Å². The molecule has 0 rings (SSSR count). The summed E-state index contributed by atoms with van der Waals surface area (Å²) in [4.78, 5) is 22.8. The van der Waals surface area contributed by atoms with Gasteiger partial charge in [0, 0.05) is 0 Å². The minimum atomic E-state index is -2.65. The molecular weight excluding hydrogens is 264 g/mol. The van der Waals surface area contributed by atoms with Crippen molar-refractivity contribution >= 4 is 12.1 Å². The van der Waals surface area contributed by atoms with E-state index >= 15 is 0 Å². The highest BCUT2D eigenvalue weighted by atomic mass is 19.3. The Balaban J connectivity index is 4.35. The van der Waals surface area contributed by atoms with Gasteiger partial charge in [0.15, 0.2) is 6.04 Å². The minimum absolute atomic E-state index is 0.420. The van der Waals surface area contributed by atoms with Crippen molar-refractivity contribution in [2.75, 3.05) is 20.3 Å². The first-order valence-corrected chi connectivity index (χ1v) is 5.59. The molecule has 0 aliphatic rings. The number of ether oxygens (including phenoxy) is 3. The summed E-state index contributed by atoms with van der Waals surface area (Å²) in [5, 5.41) is 2.19. The van der Waals surface area contributed by atoms with Crippen LogP contribution in [0.2, 0.25) is 0 Å². The molecule has 0 aromatic carbocycles. The Morgan fingerprint density at radius 2 is 1.79 bits per heavy atom. The van der Waals surface area contributed by atoms with Gasteiger partial charge in [0.2, 0.25) is 0 Å². The van der Waals surface area contributed by atoms with E-state index in [0.717, 1.165) is 7.11 Å². The molecular formula is C11H19F2NO5. The second kappa shape index (κ2) is 7.88. The van der Waals surface area contributed by atoms with Crippen LogP contribution in [0.4, 0.5) is 13.6 Å². The first kappa shape index (κ1) is 17.6.